The van der Waals surface area contributed by atoms with E-state index in [4.69, 9.17) is 0 Å². The fourth-order valence-electron chi connectivity index (χ4n) is 2.29. The Morgan fingerprint density at radius 2 is 0.872 bits per heavy atom. The molecule has 26 heteroatoms. The van der Waals surface area contributed by atoms with Crippen molar-refractivity contribution in [1.82, 2.24) is 4.31 Å². The molecule has 0 fully saturated rings. The number of rotatable bonds is 13. The third-order valence-electron chi connectivity index (χ3n) is 4.42. The van der Waals surface area contributed by atoms with Gasteiger partial charge in [-0.2, -0.15) is 78.9 Å². The molecule has 0 aromatic carbocycles. The third-order valence-corrected chi connectivity index (χ3v) is 7.05. The van der Waals surface area contributed by atoms with Crippen molar-refractivity contribution in [2.45, 2.75) is 60.3 Å². The first kappa shape index (κ1) is 40.8. The van der Waals surface area contributed by atoms with E-state index in [1.54, 1.807) is 0 Å². The summed E-state index contributed by atoms with van der Waals surface area (Å²) >= 11 is 0. The maximum absolute atomic E-state index is 14.1. The van der Waals surface area contributed by atoms with Gasteiger partial charge in [-0.05, 0) is 6.42 Å². The Morgan fingerprint density at radius 3 is 1.15 bits per heavy atom. The molecular weight excluding hydrogens is 660 g/mol. The SMILES string of the molecule is CCCN(CCS(=O)(=O)[O-])S(=O)(=O)C(F)(F)C(F)(F)C(F)(F)C(F)(F)C(F)(F)C(F)(F)C(F)(F)C(F)(F)F.[Na+]. The number of alkyl halides is 17. The van der Waals surface area contributed by atoms with Crippen LogP contribution in [0.4, 0.5) is 74.6 Å². The molecule has 0 N–H and O–H groups in total. The van der Waals surface area contributed by atoms with Crippen LogP contribution < -0.4 is 29.6 Å². The Hall–Kier alpha value is -0.370. The summed E-state index contributed by atoms with van der Waals surface area (Å²) in [5.41, 5.74) is 0. The second-order valence-corrected chi connectivity index (χ2v) is 10.6. The standard InChI is InChI=1S/C13H12F17NO5S2.Na/c1-2-3-31(4-5-37(32,33)34)38(35,36)13(29,30)11(24,25)9(20,21)7(16,17)6(14,15)8(18,19)10(22,23)12(26,27)28;/h2-5H2,1H3,(H,32,33,34);/q;+1/p-1. The number of nitrogens with zero attached hydrogens (tertiary/aromatic N) is 1. The summed E-state index contributed by atoms with van der Waals surface area (Å²) < 4.78 is 280. The zero-order valence-corrected chi connectivity index (χ0v) is 22.2. The van der Waals surface area contributed by atoms with E-state index >= 15 is 0 Å². The van der Waals surface area contributed by atoms with E-state index in [1.165, 1.54) is 0 Å². The molecule has 0 saturated carbocycles. The minimum absolute atomic E-state index is 0. The van der Waals surface area contributed by atoms with E-state index in [0.717, 1.165) is 6.92 Å². The quantitative estimate of drug-likeness (QED) is 0.168. The molecule has 0 rings (SSSR count). The van der Waals surface area contributed by atoms with Gasteiger partial charge in [0.15, 0.2) is 0 Å². The Kier molecular flexibility index (Phi) is 11.9. The van der Waals surface area contributed by atoms with Crippen LogP contribution in [0.15, 0.2) is 0 Å². The van der Waals surface area contributed by atoms with Gasteiger partial charge in [-0.25, -0.2) is 16.8 Å². The van der Waals surface area contributed by atoms with E-state index in [0.29, 0.717) is 0 Å². The number of halogens is 17. The summed E-state index contributed by atoms with van der Waals surface area (Å²) in [5, 5.41) is -7.81. The monoisotopic (exact) mass is 671 g/mol. The molecule has 0 aromatic rings. The maximum atomic E-state index is 14.1. The summed E-state index contributed by atoms with van der Waals surface area (Å²) in [6, 6.07) is 0. The summed E-state index contributed by atoms with van der Waals surface area (Å²) in [6.07, 6.45) is -8.74. The van der Waals surface area contributed by atoms with Gasteiger partial charge in [0.25, 0.3) is 10.0 Å². The first-order chi connectivity index (χ1) is 16.2. The van der Waals surface area contributed by atoms with Crippen LogP contribution in [0.25, 0.3) is 0 Å². The van der Waals surface area contributed by atoms with E-state index in [9.17, 15) is 96.0 Å². The molecule has 230 valence electrons. The van der Waals surface area contributed by atoms with Gasteiger partial charge in [0.1, 0.15) is 0 Å². The van der Waals surface area contributed by atoms with Crippen LogP contribution in [0.1, 0.15) is 13.3 Å². The summed E-state index contributed by atoms with van der Waals surface area (Å²) in [7, 11) is -13.2. The second kappa shape index (κ2) is 11.4. The Morgan fingerprint density at radius 1 is 0.564 bits per heavy atom. The zero-order chi connectivity index (χ0) is 31.4. The number of hydrogen-bond donors (Lipinski definition) is 0. The summed E-state index contributed by atoms with van der Waals surface area (Å²) in [4.78, 5) is 0. The van der Waals surface area contributed by atoms with Gasteiger partial charge in [0.05, 0.1) is 15.9 Å². The molecule has 0 aliphatic rings. The molecule has 0 aliphatic carbocycles. The van der Waals surface area contributed by atoms with Crippen molar-refractivity contribution in [2.75, 3.05) is 18.8 Å². The van der Waals surface area contributed by atoms with Gasteiger partial charge in [0, 0.05) is 13.1 Å². The van der Waals surface area contributed by atoms with Gasteiger partial charge in [-0.3, -0.25) is 0 Å². The topological polar surface area (TPSA) is 94.6 Å². The first-order valence-corrected chi connectivity index (χ1v) is 11.8. The van der Waals surface area contributed by atoms with Crippen molar-refractivity contribution < 1.29 is 126 Å². The fraction of sp³-hybridized carbons (Fsp3) is 1.00. The molecule has 6 nitrogen and oxygen atoms in total. The van der Waals surface area contributed by atoms with Crippen LogP contribution in [0.3, 0.4) is 0 Å². The van der Waals surface area contributed by atoms with Crippen molar-refractivity contribution in [3.63, 3.8) is 0 Å². The fourth-order valence-corrected chi connectivity index (χ4v) is 4.38. The second-order valence-electron chi connectivity index (χ2n) is 7.13. The van der Waals surface area contributed by atoms with Crippen LogP contribution in [-0.2, 0) is 20.1 Å². The van der Waals surface area contributed by atoms with Crippen molar-refractivity contribution in [1.29, 1.82) is 0 Å². The van der Waals surface area contributed by atoms with Gasteiger partial charge < -0.3 is 4.55 Å². The molecule has 39 heavy (non-hydrogen) atoms. The largest absolute Gasteiger partial charge is 1.00 e. The number of sulfonamides is 1. The predicted octanol–water partition coefficient (Wildman–Crippen LogP) is 1.54. The molecule has 0 heterocycles. The van der Waals surface area contributed by atoms with E-state index in [-0.39, 0.29) is 29.6 Å². The molecule has 0 saturated heterocycles. The van der Waals surface area contributed by atoms with E-state index in [2.05, 4.69) is 0 Å². The summed E-state index contributed by atoms with van der Waals surface area (Å²) in [5.74, 6) is -54.5. The normalized spacial score (nSPS) is 15.9. The third kappa shape index (κ3) is 6.37. The Balaban J connectivity index is 0. The van der Waals surface area contributed by atoms with Gasteiger partial charge in [-0.15, -0.1) is 0 Å². The van der Waals surface area contributed by atoms with Gasteiger partial charge in [0.2, 0.25) is 0 Å². The zero-order valence-electron chi connectivity index (χ0n) is 18.6. The van der Waals surface area contributed by atoms with Crippen LogP contribution in [0, 0.1) is 0 Å². The van der Waals surface area contributed by atoms with Crippen molar-refractivity contribution >= 4 is 20.1 Å². The molecule has 0 aromatic heterocycles. The van der Waals surface area contributed by atoms with Crippen LogP contribution in [0.2, 0.25) is 0 Å². The molecule has 0 aliphatic heterocycles. The molecule has 0 radical (unpaired) electrons. The molecule has 0 unspecified atom stereocenters. The van der Waals surface area contributed by atoms with Crippen LogP contribution >= 0.6 is 0 Å². The minimum atomic E-state index is -8.98. The molecule has 0 spiro atoms. The smallest absolute Gasteiger partial charge is 0.748 e. The van der Waals surface area contributed by atoms with Crippen LogP contribution in [0.5, 0.6) is 0 Å². The van der Waals surface area contributed by atoms with Crippen molar-refractivity contribution in [2.24, 2.45) is 0 Å². The van der Waals surface area contributed by atoms with Gasteiger partial charge in [-0.1, -0.05) is 6.92 Å². The minimum Gasteiger partial charge on any atom is -0.748 e. The Labute approximate surface area is 228 Å². The molecule has 0 bridgehead atoms. The van der Waals surface area contributed by atoms with Gasteiger partial charge >= 0.3 is 76.5 Å². The average molecular weight is 671 g/mol. The van der Waals surface area contributed by atoms with Crippen LogP contribution in [-0.4, -0.2) is 91.5 Å². The molecular formula is C13H11F17NNaO5S2. The number of hydrogen-bond acceptors (Lipinski definition) is 5. The van der Waals surface area contributed by atoms with Crippen molar-refractivity contribution in [3.05, 3.63) is 0 Å². The molecule has 0 atom stereocenters. The van der Waals surface area contributed by atoms with Crippen molar-refractivity contribution in [3.8, 4) is 0 Å². The molecule has 0 amide bonds. The Bertz CT molecular complexity index is 1080. The van der Waals surface area contributed by atoms with E-state index < -0.39 is 96.7 Å². The first-order valence-electron chi connectivity index (χ1n) is 8.81. The average Bonchev–Trinajstić information content (AvgIpc) is 2.68. The van der Waals surface area contributed by atoms with E-state index in [1.807, 2.05) is 0 Å². The summed E-state index contributed by atoms with van der Waals surface area (Å²) in [6.45, 7) is -2.84. The maximum Gasteiger partial charge on any atom is 1.00 e. The predicted molar refractivity (Wildman–Crippen MR) is 86.0 cm³/mol.